The topological polar surface area (TPSA) is 98.5 Å². The maximum atomic E-state index is 6.12. The Morgan fingerprint density at radius 2 is 1.74 bits per heavy atom. The molecule has 0 saturated carbocycles. The van der Waals surface area contributed by atoms with Crippen LogP contribution in [0.2, 0.25) is 0 Å². The second-order valence-corrected chi connectivity index (χ2v) is 8.50. The Balaban J connectivity index is 1.39. The lowest BCUT2D eigenvalue weighted by Crippen LogP contribution is -2.25. The van der Waals surface area contributed by atoms with Gasteiger partial charge in [0.05, 0.1) is 37.3 Å². The van der Waals surface area contributed by atoms with E-state index in [9.17, 15) is 0 Å². The number of hydrogen-bond acceptors (Lipinski definition) is 7. The largest absolute Gasteiger partial charge is 0.493 e. The van der Waals surface area contributed by atoms with Crippen molar-refractivity contribution in [2.75, 3.05) is 38.0 Å². The summed E-state index contributed by atoms with van der Waals surface area (Å²) in [6.07, 6.45) is 1.83. The Morgan fingerprint density at radius 1 is 0.943 bits per heavy atom. The fourth-order valence-corrected chi connectivity index (χ4v) is 4.72. The van der Waals surface area contributed by atoms with Crippen LogP contribution >= 0.6 is 0 Å². The van der Waals surface area contributed by atoms with Gasteiger partial charge in [-0.05, 0) is 47.5 Å². The van der Waals surface area contributed by atoms with Crippen molar-refractivity contribution >= 4 is 33.6 Å². The number of benzene rings is 3. The Labute approximate surface area is 202 Å². The zero-order valence-electron chi connectivity index (χ0n) is 19.5. The van der Waals surface area contributed by atoms with Gasteiger partial charge in [0.25, 0.3) is 0 Å². The fourth-order valence-electron chi connectivity index (χ4n) is 4.72. The Hall–Kier alpha value is -4.46. The molecule has 8 nitrogen and oxygen atoms in total. The predicted octanol–water partition coefficient (Wildman–Crippen LogP) is 4.78. The number of methoxy groups -OCH3 is 2. The monoisotopic (exact) mass is 467 g/mol. The number of aromatic nitrogens is 3. The SMILES string of the molecule is COc1cc2nccc(N3CCOc4ccc(-c5ccc6nc(N)[nH]c6c5)cc4C3)c2cc1OC. The molecule has 0 aliphatic carbocycles. The minimum atomic E-state index is 0.418. The zero-order valence-corrected chi connectivity index (χ0v) is 19.5. The molecule has 0 fully saturated rings. The molecule has 0 radical (unpaired) electrons. The number of imidazole rings is 1. The van der Waals surface area contributed by atoms with E-state index in [1.165, 1.54) is 0 Å². The molecule has 1 aliphatic rings. The highest BCUT2D eigenvalue weighted by atomic mass is 16.5. The van der Waals surface area contributed by atoms with Crippen molar-refractivity contribution in [3.63, 3.8) is 0 Å². The maximum Gasteiger partial charge on any atom is 0.198 e. The first-order valence-electron chi connectivity index (χ1n) is 11.4. The lowest BCUT2D eigenvalue weighted by Gasteiger charge is -2.24. The molecule has 0 atom stereocenters. The first kappa shape index (κ1) is 21.1. The lowest BCUT2D eigenvalue weighted by molar-refractivity contribution is 0.332. The summed E-state index contributed by atoms with van der Waals surface area (Å²) in [7, 11) is 3.28. The van der Waals surface area contributed by atoms with Gasteiger partial charge in [-0.2, -0.15) is 0 Å². The van der Waals surface area contributed by atoms with Gasteiger partial charge in [0, 0.05) is 35.4 Å². The predicted molar refractivity (Wildman–Crippen MR) is 137 cm³/mol. The van der Waals surface area contributed by atoms with Crippen LogP contribution in [0.4, 0.5) is 11.6 Å². The van der Waals surface area contributed by atoms with Gasteiger partial charge in [0.1, 0.15) is 12.4 Å². The molecule has 0 spiro atoms. The van der Waals surface area contributed by atoms with Crippen LogP contribution in [0.5, 0.6) is 17.2 Å². The van der Waals surface area contributed by atoms with Crippen molar-refractivity contribution in [3.8, 4) is 28.4 Å². The molecule has 3 heterocycles. The molecule has 0 amide bonds. The summed E-state index contributed by atoms with van der Waals surface area (Å²) in [5.74, 6) is 2.66. The van der Waals surface area contributed by atoms with Crippen molar-refractivity contribution in [1.29, 1.82) is 0 Å². The quantitative estimate of drug-likeness (QED) is 0.393. The third-order valence-electron chi connectivity index (χ3n) is 6.44. The summed E-state index contributed by atoms with van der Waals surface area (Å²) in [6.45, 7) is 2.04. The average Bonchev–Trinajstić information content (AvgIpc) is 3.13. The minimum Gasteiger partial charge on any atom is -0.493 e. The van der Waals surface area contributed by atoms with Gasteiger partial charge in [-0.15, -0.1) is 0 Å². The molecule has 3 aromatic carbocycles. The summed E-state index contributed by atoms with van der Waals surface area (Å²) in [5.41, 5.74) is 12.8. The smallest absolute Gasteiger partial charge is 0.198 e. The molecule has 5 aromatic rings. The van der Waals surface area contributed by atoms with E-state index in [1.807, 2.05) is 30.5 Å². The number of aromatic amines is 1. The van der Waals surface area contributed by atoms with Crippen LogP contribution in [0.3, 0.4) is 0 Å². The Morgan fingerprint density at radius 3 is 2.60 bits per heavy atom. The van der Waals surface area contributed by atoms with Gasteiger partial charge in [0.2, 0.25) is 0 Å². The average molecular weight is 468 g/mol. The van der Waals surface area contributed by atoms with E-state index in [0.717, 1.165) is 56.6 Å². The van der Waals surface area contributed by atoms with Gasteiger partial charge in [-0.3, -0.25) is 4.98 Å². The number of hydrogen-bond donors (Lipinski definition) is 2. The highest BCUT2D eigenvalue weighted by molar-refractivity contribution is 5.94. The molecule has 3 N–H and O–H groups in total. The van der Waals surface area contributed by atoms with Crippen LogP contribution in [0, 0.1) is 0 Å². The van der Waals surface area contributed by atoms with Crippen LogP contribution in [-0.4, -0.2) is 42.3 Å². The van der Waals surface area contributed by atoms with Gasteiger partial charge < -0.3 is 29.8 Å². The van der Waals surface area contributed by atoms with Crippen molar-refractivity contribution in [2.24, 2.45) is 0 Å². The van der Waals surface area contributed by atoms with Crippen LogP contribution in [0.1, 0.15) is 5.56 Å². The maximum absolute atomic E-state index is 6.12. The third-order valence-corrected chi connectivity index (χ3v) is 6.44. The molecular formula is C27H25N5O3. The number of nitrogens with one attached hydrogen (secondary N) is 1. The van der Waals surface area contributed by atoms with Crippen molar-refractivity contribution in [3.05, 3.63) is 66.4 Å². The summed E-state index contributed by atoms with van der Waals surface area (Å²) in [5, 5.41) is 1.01. The molecule has 2 aromatic heterocycles. The number of fused-ring (bicyclic) bond motifs is 3. The Bertz CT molecular complexity index is 1560. The van der Waals surface area contributed by atoms with E-state index in [0.29, 0.717) is 30.6 Å². The number of anilines is 2. The normalized spacial score (nSPS) is 13.4. The van der Waals surface area contributed by atoms with E-state index >= 15 is 0 Å². The standard InChI is InChI=1S/C27H25N5O3/c1-33-25-13-19-21(14-26(25)34-2)29-8-7-23(19)32-9-10-35-24-6-4-16(11-18(24)15-32)17-3-5-20-22(12-17)31-27(28)30-20/h3-8,11-14H,9-10,15H2,1-2H3,(H3,28,30,31). The van der Waals surface area contributed by atoms with Crippen molar-refractivity contribution in [1.82, 2.24) is 15.0 Å². The van der Waals surface area contributed by atoms with E-state index in [4.69, 9.17) is 19.9 Å². The zero-order chi connectivity index (χ0) is 23.9. The van der Waals surface area contributed by atoms with Gasteiger partial charge in [0.15, 0.2) is 17.4 Å². The number of ether oxygens (including phenoxy) is 3. The van der Waals surface area contributed by atoms with Gasteiger partial charge in [-0.25, -0.2) is 4.98 Å². The van der Waals surface area contributed by atoms with Crippen molar-refractivity contribution in [2.45, 2.75) is 6.54 Å². The second kappa shape index (κ2) is 8.39. The molecule has 8 heteroatoms. The van der Waals surface area contributed by atoms with E-state index in [-0.39, 0.29) is 0 Å². The number of nitrogens with zero attached hydrogens (tertiary/aromatic N) is 3. The lowest BCUT2D eigenvalue weighted by atomic mass is 10.0. The van der Waals surface area contributed by atoms with E-state index < -0.39 is 0 Å². The highest BCUT2D eigenvalue weighted by Crippen LogP contribution is 2.38. The molecule has 6 rings (SSSR count). The summed E-state index contributed by atoms with van der Waals surface area (Å²) < 4.78 is 17.1. The molecule has 176 valence electrons. The van der Waals surface area contributed by atoms with Crippen LogP contribution < -0.4 is 24.8 Å². The highest BCUT2D eigenvalue weighted by Gasteiger charge is 2.20. The molecule has 0 unspecified atom stereocenters. The van der Waals surface area contributed by atoms with E-state index in [2.05, 4.69) is 50.2 Å². The van der Waals surface area contributed by atoms with Crippen LogP contribution in [0.15, 0.2) is 60.8 Å². The molecule has 0 bridgehead atoms. The molecular weight excluding hydrogens is 442 g/mol. The van der Waals surface area contributed by atoms with Gasteiger partial charge >= 0.3 is 0 Å². The fraction of sp³-hybridized carbons (Fsp3) is 0.185. The second-order valence-electron chi connectivity index (χ2n) is 8.50. The first-order valence-corrected chi connectivity index (χ1v) is 11.4. The summed E-state index contributed by atoms with van der Waals surface area (Å²) >= 11 is 0. The number of nitrogen functional groups attached to an aromatic ring is 1. The number of nitrogens with two attached hydrogens (primary N) is 1. The third kappa shape index (κ3) is 3.73. The summed E-state index contributed by atoms with van der Waals surface area (Å²) in [4.78, 5) is 14.3. The molecule has 0 saturated heterocycles. The van der Waals surface area contributed by atoms with E-state index in [1.54, 1.807) is 14.2 Å². The minimum absolute atomic E-state index is 0.418. The summed E-state index contributed by atoms with van der Waals surface area (Å²) in [6, 6.07) is 18.4. The molecule has 35 heavy (non-hydrogen) atoms. The first-order chi connectivity index (χ1) is 17.1. The van der Waals surface area contributed by atoms with Crippen LogP contribution in [0.25, 0.3) is 33.1 Å². The number of rotatable bonds is 4. The molecule has 1 aliphatic heterocycles. The number of H-pyrrole nitrogens is 1. The van der Waals surface area contributed by atoms with Gasteiger partial charge in [-0.1, -0.05) is 12.1 Å². The number of pyridine rings is 1. The Kier molecular flexibility index (Phi) is 5.06. The van der Waals surface area contributed by atoms with Crippen LogP contribution in [-0.2, 0) is 6.54 Å². The van der Waals surface area contributed by atoms with Crippen molar-refractivity contribution < 1.29 is 14.2 Å².